The molecule has 0 radical (unpaired) electrons. The van der Waals surface area contributed by atoms with E-state index in [-0.39, 0.29) is 30.8 Å². The molecule has 1 aliphatic rings. The van der Waals surface area contributed by atoms with Crippen LogP contribution < -0.4 is 10.6 Å². The van der Waals surface area contributed by atoms with Crippen LogP contribution in [0.2, 0.25) is 0 Å². The molecule has 0 saturated heterocycles. The molecule has 8 heteroatoms. The predicted molar refractivity (Wildman–Crippen MR) is 144 cm³/mol. The zero-order valence-electron chi connectivity index (χ0n) is 22.2. The van der Waals surface area contributed by atoms with E-state index in [0.717, 1.165) is 12.8 Å². The monoisotopic (exact) mass is 533 g/mol. The Bertz CT molecular complexity index is 1170. The molecule has 1 unspecified atom stereocenters. The number of nitrogens with one attached hydrogen (secondary N) is 1. The van der Waals surface area contributed by atoms with Gasteiger partial charge in [0, 0.05) is 12.1 Å². The Morgan fingerprint density at radius 1 is 1.05 bits per heavy atom. The second-order valence-electron chi connectivity index (χ2n) is 9.24. The quantitative estimate of drug-likeness (QED) is 0.159. The van der Waals surface area contributed by atoms with Crippen molar-refractivity contribution in [1.82, 2.24) is 5.32 Å². The number of rotatable bonds is 14. The van der Waals surface area contributed by atoms with Gasteiger partial charge in [0.05, 0.1) is 24.4 Å². The molecule has 2 aromatic rings. The number of hydrogen-bond acceptors (Lipinski definition) is 4. The fourth-order valence-electron chi connectivity index (χ4n) is 4.57. The fourth-order valence-corrected chi connectivity index (χ4v) is 6.45. The van der Waals surface area contributed by atoms with E-state index < -0.39 is 25.1 Å². The lowest BCUT2D eigenvalue weighted by atomic mass is 9.90. The molecular weight excluding hydrogens is 495 g/mol. The number of unbranched alkanes of at least 4 members (excludes halogenated alkanes) is 2. The van der Waals surface area contributed by atoms with Gasteiger partial charge in [-0.25, -0.2) is 8.78 Å². The second-order valence-corrected chi connectivity index (χ2v) is 11.2. The summed E-state index contributed by atoms with van der Waals surface area (Å²) in [5, 5.41) is 2.98. The molecule has 0 fully saturated rings. The summed E-state index contributed by atoms with van der Waals surface area (Å²) >= 11 is 0. The van der Waals surface area contributed by atoms with Crippen molar-refractivity contribution < 1.29 is 27.2 Å². The Hall–Kier alpha value is -2.34. The summed E-state index contributed by atoms with van der Waals surface area (Å²) in [4.78, 5) is 13.5. The lowest BCUT2D eigenvalue weighted by Crippen LogP contribution is -2.30. The highest BCUT2D eigenvalue weighted by atomic mass is 31.2. The van der Waals surface area contributed by atoms with Gasteiger partial charge in [-0.1, -0.05) is 51.8 Å². The van der Waals surface area contributed by atoms with Crippen molar-refractivity contribution >= 4 is 18.8 Å². The maximum Gasteiger partial charge on any atom is 0.362 e. The van der Waals surface area contributed by atoms with Gasteiger partial charge in [0.25, 0.3) is 0 Å². The molecule has 37 heavy (non-hydrogen) atoms. The van der Waals surface area contributed by atoms with Crippen LogP contribution in [0.25, 0.3) is 11.1 Å². The van der Waals surface area contributed by atoms with Crippen molar-refractivity contribution in [2.75, 3.05) is 19.8 Å². The number of amides is 1. The smallest absolute Gasteiger partial charge is 0.355 e. The number of hydrogen-bond donors (Lipinski definition) is 1. The topological polar surface area (TPSA) is 64.6 Å². The molecule has 0 heterocycles. The zero-order valence-corrected chi connectivity index (χ0v) is 23.1. The third kappa shape index (κ3) is 6.39. The first-order chi connectivity index (χ1) is 17.8. The predicted octanol–water partition coefficient (Wildman–Crippen LogP) is 7.17. The van der Waals surface area contributed by atoms with Crippen molar-refractivity contribution in [3.63, 3.8) is 0 Å². The minimum atomic E-state index is -3.97. The van der Waals surface area contributed by atoms with Gasteiger partial charge in [0.2, 0.25) is 5.91 Å². The normalized spacial score (nSPS) is 14.7. The van der Waals surface area contributed by atoms with Crippen LogP contribution in [0.3, 0.4) is 0 Å². The van der Waals surface area contributed by atoms with Crippen LogP contribution in [0.5, 0.6) is 0 Å². The van der Waals surface area contributed by atoms with Crippen LogP contribution in [-0.2, 0) is 24.8 Å². The van der Waals surface area contributed by atoms with Gasteiger partial charge in [0.15, 0.2) is 0 Å². The van der Waals surface area contributed by atoms with Gasteiger partial charge < -0.3 is 14.4 Å². The molecule has 1 amide bonds. The Morgan fingerprint density at radius 3 is 2.32 bits per heavy atom. The average Bonchev–Trinajstić information content (AvgIpc) is 3.20. The van der Waals surface area contributed by atoms with Crippen LogP contribution in [0.4, 0.5) is 8.78 Å². The van der Waals surface area contributed by atoms with Gasteiger partial charge in [0.1, 0.15) is 11.6 Å². The molecule has 0 aromatic heterocycles. The summed E-state index contributed by atoms with van der Waals surface area (Å²) in [7, 11) is -3.97. The first-order valence-electron chi connectivity index (χ1n) is 13.3. The largest absolute Gasteiger partial charge is 0.362 e. The summed E-state index contributed by atoms with van der Waals surface area (Å²) in [6.07, 6.45) is 7.53. The highest BCUT2D eigenvalue weighted by molar-refractivity contribution is 7.62. The van der Waals surface area contributed by atoms with Gasteiger partial charge in [-0.2, -0.15) is 0 Å². The summed E-state index contributed by atoms with van der Waals surface area (Å²) in [5.41, 5.74) is 2.14. The van der Waals surface area contributed by atoms with Crippen LogP contribution >= 0.6 is 7.60 Å². The van der Waals surface area contributed by atoms with E-state index in [1.165, 1.54) is 18.2 Å². The van der Waals surface area contributed by atoms with Crippen molar-refractivity contribution in [3.8, 4) is 11.1 Å². The SMILES string of the molecule is CC=CCc1c(F)cc(P(=O)(OCCCC)OCCCC)c2c1C(C(=O)NCCC)c1cc(F)ccc1-2. The number of allylic oxidation sites excluding steroid dienone is 2. The molecule has 3 rings (SSSR count). The maximum absolute atomic E-state index is 15.9. The summed E-state index contributed by atoms with van der Waals surface area (Å²) in [6.45, 7) is 8.55. The highest BCUT2D eigenvalue weighted by Crippen LogP contribution is 2.55. The average molecular weight is 534 g/mol. The molecule has 0 bridgehead atoms. The Labute approximate surface area is 219 Å². The molecular formula is C29H38F2NO4P. The minimum Gasteiger partial charge on any atom is -0.355 e. The van der Waals surface area contributed by atoms with E-state index in [2.05, 4.69) is 5.32 Å². The third-order valence-electron chi connectivity index (χ3n) is 6.47. The lowest BCUT2D eigenvalue weighted by molar-refractivity contribution is -0.121. The molecule has 5 nitrogen and oxygen atoms in total. The van der Waals surface area contributed by atoms with E-state index in [1.54, 1.807) is 18.2 Å². The first-order valence-corrected chi connectivity index (χ1v) is 14.8. The second kappa shape index (κ2) is 13.5. The Kier molecular flexibility index (Phi) is 10.6. The first kappa shape index (κ1) is 29.2. The number of carbonyl (C=O) groups is 1. The van der Waals surface area contributed by atoms with Crippen molar-refractivity contribution in [2.45, 2.75) is 72.1 Å². The third-order valence-corrected chi connectivity index (χ3v) is 8.46. The Balaban J connectivity index is 2.33. The molecule has 0 spiro atoms. The maximum atomic E-state index is 15.9. The molecule has 1 atom stereocenters. The molecule has 1 aliphatic carbocycles. The van der Waals surface area contributed by atoms with Crippen LogP contribution in [0, 0.1) is 11.6 Å². The molecule has 202 valence electrons. The fraction of sp³-hybridized carbons (Fsp3) is 0.483. The standard InChI is InChI=1S/C29H38F2NO4P/c1-5-9-12-22-24(31)19-25(37(34,35-16-10-6-2)36-17-11-7-3)26-21-14-13-20(30)18-23(21)28(27(22)26)29(33)32-15-8-4/h5,9,13-14,18-19,28H,6-8,10-12,15-17H2,1-4H3,(H,32,33). The van der Waals surface area contributed by atoms with Crippen LogP contribution in [-0.4, -0.2) is 25.7 Å². The van der Waals surface area contributed by atoms with Gasteiger partial charge in [-0.3, -0.25) is 9.36 Å². The van der Waals surface area contributed by atoms with E-state index >= 15 is 4.39 Å². The van der Waals surface area contributed by atoms with E-state index in [1.807, 2.05) is 27.7 Å². The van der Waals surface area contributed by atoms with Crippen LogP contribution in [0.15, 0.2) is 36.4 Å². The number of fused-ring (bicyclic) bond motifs is 3. The number of carbonyl (C=O) groups excluding carboxylic acids is 1. The van der Waals surface area contributed by atoms with Gasteiger partial charge in [-0.15, -0.1) is 0 Å². The Morgan fingerprint density at radius 2 is 1.73 bits per heavy atom. The van der Waals surface area contributed by atoms with Gasteiger partial charge >= 0.3 is 7.60 Å². The summed E-state index contributed by atoms with van der Waals surface area (Å²) < 4.78 is 56.4. The van der Waals surface area contributed by atoms with Crippen molar-refractivity contribution in [2.24, 2.45) is 0 Å². The zero-order chi connectivity index (χ0) is 27.0. The molecule has 0 saturated carbocycles. The van der Waals surface area contributed by atoms with E-state index in [0.29, 0.717) is 53.6 Å². The number of halogens is 2. The minimum absolute atomic E-state index is 0.0927. The van der Waals surface area contributed by atoms with E-state index in [4.69, 9.17) is 9.05 Å². The van der Waals surface area contributed by atoms with Crippen LogP contribution in [0.1, 0.15) is 82.4 Å². The molecule has 0 aliphatic heterocycles. The molecule has 2 aromatic carbocycles. The molecule has 1 N–H and O–H groups in total. The summed E-state index contributed by atoms with van der Waals surface area (Å²) in [5.74, 6) is -2.38. The number of benzene rings is 2. The van der Waals surface area contributed by atoms with Crippen molar-refractivity contribution in [1.29, 1.82) is 0 Å². The van der Waals surface area contributed by atoms with Gasteiger partial charge in [-0.05, 0) is 73.1 Å². The lowest BCUT2D eigenvalue weighted by Gasteiger charge is -2.24. The van der Waals surface area contributed by atoms with E-state index in [9.17, 15) is 13.8 Å². The highest BCUT2D eigenvalue weighted by Gasteiger charge is 2.43. The summed E-state index contributed by atoms with van der Waals surface area (Å²) in [6, 6.07) is 5.41. The van der Waals surface area contributed by atoms with Crippen molar-refractivity contribution in [3.05, 3.63) is 64.7 Å².